The van der Waals surface area contributed by atoms with Crippen LogP contribution in [0.15, 0.2) is 71.6 Å². The Morgan fingerprint density at radius 3 is 2.68 bits per heavy atom. The summed E-state index contributed by atoms with van der Waals surface area (Å²) in [6.07, 6.45) is 1.69. The van der Waals surface area contributed by atoms with Crippen molar-refractivity contribution in [3.8, 4) is 0 Å². The molecular weight excluding hydrogens is 412 g/mol. The second-order valence-corrected chi connectivity index (χ2v) is 9.55. The number of amides is 1. The third kappa shape index (κ3) is 4.95. The third-order valence-electron chi connectivity index (χ3n) is 5.57. The average molecular weight is 439 g/mol. The first-order valence-electron chi connectivity index (χ1n) is 10.4. The molecule has 7 heteroatoms. The molecule has 162 valence electrons. The van der Waals surface area contributed by atoms with E-state index in [9.17, 15) is 13.2 Å². The molecule has 3 aromatic carbocycles. The number of carbonyl (C=O) groups excluding carboxylic acids is 1. The van der Waals surface area contributed by atoms with E-state index in [1.165, 1.54) is 12.1 Å². The summed E-state index contributed by atoms with van der Waals surface area (Å²) in [4.78, 5) is 12.9. The van der Waals surface area contributed by atoms with Gasteiger partial charge in [-0.15, -0.1) is 0 Å². The maximum absolute atomic E-state index is 12.9. The first-order chi connectivity index (χ1) is 14.9. The van der Waals surface area contributed by atoms with Crippen LogP contribution in [-0.4, -0.2) is 33.6 Å². The Balaban J connectivity index is 1.48. The van der Waals surface area contributed by atoms with Gasteiger partial charge in [0, 0.05) is 18.7 Å². The van der Waals surface area contributed by atoms with E-state index in [2.05, 4.69) is 10.0 Å². The molecule has 1 fully saturated rings. The van der Waals surface area contributed by atoms with Gasteiger partial charge in [0.15, 0.2) is 0 Å². The van der Waals surface area contributed by atoms with Crippen molar-refractivity contribution in [1.82, 2.24) is 10.0 Å². The van der Waals surface area contributed by atoms with Crippen molar-refractivity contribution in [1.29, 1.82) is 0 Å². The number of benzene rings is 3. The van der Waals surface area contributed by atoms with E-state index in [-0.39, 0.29) is 29.5 Å². The first kappa shape index (κ1) is 21.5. The number of rotatable bonds is 7. The fourth-order valence-corrected chi connectivity index (χ4v) is 4.99. The molecule has 2 N–H and O–H groups in total. The zero-order chi connectivity index (χ0) is 21.8. The van der Waals surface area contributed by atoms with Crippen LogP contribution in [-0.2, 0) is 14.8 Å². The van der Waals surface area contributed by atoms with Crippen molar-refractivity contribution in [3.05, 3.63) is 77.9 Å². The van der Waals surface area contributed by atoms with Gasteiger partial charge < -0.3 is 10.1 Å². The van der Waals surface area contributed by atoms with Gasteiger partial charge in [-0.2, -0.15) is 0 Å². The van der Waals surface area contributed by atoms with E-state index in [0.717, 1.165) is 29.2 Å². The molecule has 0 aliphatic carbocycles. The Bertz CT molecular complexity index is 1180. The van der Waals surface area contributed by atoms with E-state index in [4.69, 9.17) is 4.74 Å². The Morgan fingerprint density at radius 2 is 1.87 bits per heavy atom. The molecule has 31 heavy (non-hydrogen) atoms. The van der Waals surface area contributed by atoms with Gasteiger partial charge >= 0.3 is 0 Å². The zero-order valence-corrected chi connectivity index (χ0v) is 18.2. The normalized spacial score (nSPS) is 17.5. The molecule has 6 nitrogen and oxygen atoms in total. The molecule has 0 spiro atoms. The second kappa shape index (κ2) is 9.18. The first-order valence-corrected chi connectivity index (χ1v) is 11.9. The molecule has 1 aliphatic rings. The monoisotopic (exact) mass is 438 g/mol. The minimum atomic E-state index is -3.72. The highest BCUT2D eigenvalue weighted by Crippen LogP contribution is 2.24. The summed E-state index contributed by atoms with van der Waals surface area (Å²) in [7, 11) is -3.72. The van der Waals surface area contributed by atoms with Crippen molar-refractivity contribution in [2.45, 2.75) is 36.8 Å². The standard InChI is InChI=1S/C24H26N2O4S/c1-17(22-13-5-8-18-7-2-3-12-23(18)22)26-24(27)19-9-4-11-21(15-19)31(28,29)25-16-20-10-6-14-30-20/h2-5,7-9,11-13,15,17,20,25H,6,10,14,16H2,1H3,(H,26,27). The minimum absolute atomic E-state index is 0.0657. The Morgan fingerprint density at radius 1 is 1.10 bits per heavy atom. The molecule has 1 heterocycles. The van der Waals surface area contributed by atoms with Crippen molar-refractivity contribution in [2.24, 2.45) is 0 Å². The van der Waals surface area contributed by atoms with Gasteiger partial charge in [-0.1, -0.05) is 48.5 Å². The van der Waals surface area contributed by atoms with Crippen LogP contribution in [0.4, 0.5) is 0 Å². The van der Waals surface area contributed by atoms with Gasteiger partial charge in [-0.25, -0.2) is 13.1 Å². The van der Waals surface area contributed by atoms with E-state index in [1.807, 2.05) is 49.4 Å². The van der Waals surface area contributed by atoms with E-state index >= 15 is 0 Å². The fraction of sp³-hybridized carbons (Fsp3) is 0.292. The second-order valence-electron chi connectivity index (χ2n) is 7.78. The van der Waals surface area contributed by atoms with Gasteiger partial charge in [0.1, 0.15) is 0 Å². The Kier molecular flexibility index (Phi) is 6.36. The van der Waals surface area contributed by atoms with Crippen LogP contribution in [0.3, 0.4) is 0 Å². The van der Waals surface area contributed by atoms with Gasteiger partial charge in [0.2, 0.25) is 10.0 Å². The lowest BCUT2D eigenvalue weighted by Gasteiger charge is -2.17. The molecule has 0 radical (unpaired) electrons. The quantitative estimate of drug-likeness (QED) is 0.588. The topological polar surface area (TPSA) is 84.5 Å². The summed E-state index contributed by atoms with van der Waals surface area (Å²) in [5.74, 6) is -0.323. The Hall–Kier alpha value is -2.74. The van der Waals surface area contributed by atoms with Crippen LogP contribution in [0.1, 0.15) is 41.7 Å². The predicted molar refractivity (Wildman–Crippen MR) is 120 cm³/mol. The van der Waals surface area contributed by atoms with Gasteiger partial charge in [0.05, 0.1) is 17.0 Å². The summed E-state index contributed by atoms with van der Waals surface area (Å²) in [6, 6.07) is 19.9. The average Bonchev–Trinajstić information content (AvgIpc) is 3.31. The number of hydrogen-bond acceptors (Lipinski definition) is 4. The molecule has 4 rings (SSSR count). The molecule has 2 atom stereocenters. The summed E-state index contributed by atoms with van der Waals surface area (Å²) in [6.45, 7) is 2.82. The number of fused-ring (bicyclic) bond motifs is 1. The van der Waals surface area contributed by atoms with Crippen molar-refractivity contribution >= 4 is 26.7 Å². The number of nitrogens with one attached hydrogen (secondary N) is 2. The molecule has 1 amide bonds. The van der Waals surface area contributed by atoms with E-state index in [1.54, 1.807) is 12.1 Å². The molecule has 1 aliphatic heterocycles. The smallest absolute Gasteiger partial charge is 0.251 e. The molecule has 0 bridgehead atoms. The van der Waals surface area contributed by atoms with Crippen LogP contribution >= 0.6 is 0 Å². The lowest BCUT2D eigenvalue weighted by Crippen LogP contribution is -2.32. The maximum Gasteiger partial charge on any atom is 0.251 e. The molecule has 1 saturated heterocycles. The Labute approximate surface area is 182 Å². The molecule has 3 aromatic rings. The third-order valence-corrected chi connectivity index (χ3v) is 6.99. The predicted octanol–water partition coefficient (Wildman–Crippen LogP) is 3.79. The molecule has 2 unspecified atom stereocenters. The van der Waals surface area contributed by atoms with Crippen LogP contribution in [0, 0.1) is 0 Å². The van der Waals surface area contributed by atoms with Gasteiger partial charge in [-0.3, -0.25) is 4.79 Å². The fourth-order valence-electron chi connectivity index (χ4n) is 3.88. The largest absolute Gasteiger partial charge is 0.377 e. The van der Waals surface area contributed by atoms with Crippen LogP contribution in [0.5, 0.6) is 0 Å². The number of ether oxygens (including phenoxy) is 1. The molecular formula is C24H26N2O4S. The summed E-state index contributed by atoms with van der Waals surface area (Å²) >= 11 is 0. The molecule has 0 aromatic heterocycles. The highest BCUT2D eigenvalue weighted by atomic mass is 32.2. The maximum atomic E-state index is 12.9. The van der Waals surface area contributed by atoms with Crippen molar-refractivity contribution in [3.63, 3.8) is 0 Å². The summed E-state index contributed by atoms with van der Waals surface area (Å²) in [5.41, 5.74) is 1.31. The van der Waals surface area contributed by atoms with Crippen molar-refractivity contribution < 1.29 is 17.9 Å². The highest BCUT2D eigenvalue weighted by Gasteiger charge is 2.21. The van der Waals surface area contributed by atoms with Crippen molar-refractivity contribution in [2.75, 3.05) is 13.2 Å². The number of hydrogen-bond donors (Lipinski definition) is 2. The minimum Gasteiger partial charge on any atom is -0.377 e. The van der Waals surface area contributed by atoms with E-state index in [0.29, 0.717) is 12.2 Å². The SMILES string of the molecule is CC(NC(=O)c1cccc(S(=O)(=O)NCC2CCCO2)c1)c1cccc2ccccc12. The molecule has 0 saturated carbocycles. The van der Waals surface area contributed by atoms with E-state index < -0.39 is 10.0 Å². The zero-order valence-electron chi connectivity index (χ0n) is 17.4. The van der Waals surface area contributed by atoms with Gasteiger partial charge in [0.25, 0.3) is 5.91 Å². The number of carbonyl (C=O) groups is 1. The van der Waals surface area contributed by atoms with Gasteiger partial charge in [-0.05, 0) is 54.3 Å². The lowest BCUT2D eigenvalue weighted by molar-refractivity contribution is 0.0940. The summed E-state index contributed by atoms with van der Waals surface area (Å²) in [5, 5.41) is 5.17. The van der Waals surface area contributed by atoms with Crippen LogP contribution in [0.2, 0.25) is 0 Å². The van der Waals surface area contributed by atoms with Crippen LogP contribution in [0.25, 0.3) is 10.8 Å². The number of sulfonamides is 1. The lowest BCUT2D eigenvalue weighted by atomic mass is 9.99. The van der Waals surface area contributed by atoms with Crippen LogP contribution < -0.4 is 10.0 Å². The summed E-state index contributed by atoms with van der Waals surface area (Å²) < 4.78 is 33.4. The highest BCUT2D eigenvalue weighted by molar-refractivity contribution is 7.89.